The monoisotopic (exact) mass is 419 g/mol. The highest BCUT2D eigenvalue weighted by molar-refractivity contribution is 6.03. The van der Waals surface area contributed by atoms with Gasteiger partial charge in [0.05, 0.1) is 17.2 Å². The van der Waals surface area contributed by atoms with Crippen LogP contribution in [0.1, 0.15) is 17.4 Å². The van der Waals surface area contributed by atoms with Gasteiger partial charge in [0.15, 0.2) is 17.1 Å². The van der Waals surface area contributed by atoms with Crippen LogP contribution in [-0.4, -0.2) is 37.1 Å². The number of amides is 1. The number of carbonyl (C=O) groups is 1. The summed E-state index contributed by atoms with van der Waals surface area (Å²) >= 11 is 0. The molecule has 0 unspecified atom stereocenters. The van der Waals surface area contributed by atoms with Crippen molar-refractivity contribution in [3.63, 3.8) is 0 Å². The Morgan fingerprint density at radius 3 is 2.68 bits per heavy atom. The lowest BCUT2D eigenvalue weighted by atomic mass is 10.1. The fourth-order valence-corrected chi connectivity index (χ4v) is 3.05. The average molecular weight is 419 g/mol. The van der Waals surface area contributed by atoms with Crippen LogP contribution in [0.3, 0.4) is 0 Å². The summed E-state index contributed by atoms with van der Waals surface area (Å²) in [5.41, 5.74) is 1.59. The minimum Gasteiger partial charge on any atom is -0.502 e. The molecule has 2 aromatic carbocycles. The zero-order chi connectivity index (χ0) is 22.0. The largest absolute Gasteiger partial charge is 0.502 e. The molecule has 10 nitrogen and oxygen atoms in total. The summed E-state index contributed by atoms with van der Waals surface area (Å²) < 4.78 is 6.80. The van der Waals surface area contributed by atoms with E-state index in [9.17, 15) is 20.0 Å². The van der Waals surface area contributed by atoms with Gasteiger partial charge in [-0.05, 0) is 49.4 Å². The van der Waals surface area contributed by atoms with Crippen molar-refractivity contribution in [1.82, 2.24) is 14.6 Å². The van der Waals surface area contributed by atoms with Crippen molar-refractivity contribution in [1.29, 1.82) is 0 Å². The molecule has 0 spiro atoms. The summed E-state index contributed by atoms with van der Waals surface area (Å²) in [6, 6.07) is 14.1. The second kappa shape index (κ2) is 8.11. The molecular weight excluding hydrogens is 402 g/mol. The van der Waals surface area contributed by atoms with Crippen LogP contribution < -0.4 is 10.1 Å². The van der Waals surface area contributed by atoms with Crippen LogP contribution in [0.4, 0.5) is 11.4 Å². The number of phenols is 1. The van der Waals surface area contributed by atoms with E-state index in [1.165, 1.54) is 35.0 Å². The molecule has 4 aromatic rings. The van der Waals surface area contributed by atoms with E-state index in [-0.39, 0.29) is 5.69 Å². The molecule has 4 rings (SSSR count). The minimum atomic E-state index is -0.671. The lowest BCUT2D eigenvalue weighted by molar-refractivity contribution is -0.385. The van der Waals surface area contributed by atoms with Gasteiger partial charge in [-0.2, -0.15) is 5.10 Å². The van der Waals surface area contributed by atoms with E-state index < -0.39 is 22.3 Å². The van der Waals surface area contributed by atoms with E-state index in [4.69, 9.17) is 4.74 Å². The van der Waals surface area contributed by atoms with Gasteiger partial charge in [0.1, 0.15) is 5.75 Å². The SMILES string of the molecule is CCOc1ccc(NC(=O)c2cc3nccc(-c4ccc(O)c([N+](=O)[O-])c4)n3n2)cc1. The van der Waals surface area contributed by atoms with Crippen molar-refractivity contribution in [2.45, 2.75) is 6.92 Å². The first-order valence-corrected chi connectivity index (χ1v) is 9.33. The van der Waals surface area contributed by atoms with Crippen LogP contribution in [0.5, 0.6) is 11.5 Å². The molecule has 0 aliphatic heterocycles. The van der Waals surface area contributed by atoms with Crippen LogP contribution in [-0.2, 0) is 0 Å². The van der Waals surface area contributed by atoms with Gasteiger partial charge in [0.2, 0.25) is 0 Å². The number of nitrogens with one attached hydrogen (secondary N) is 1. The molecule has 0 saturated carbocycles. The first kappa shape index (κ1) is 19.8. The van der Waals surface area contributed by atoms with E-state index in [2.05, 4.69) is 15.4 Å². The summed E-state index contributed by atoms with van der Waals surface area (Å²) in [5.74, 6) is -0.169. The highest BCUT2D eigenvalue weighted by Gasteiger charge is 2.18. The summed E-state index contributed by atoms with van der Waals surface area (Å²) in [5, 5.41) is 27.9. The predicted octanol–water partition coefficient (Wildman–Crippen LogP) is 3.66. The summed E-state index contributed by atoms with van der Waals surface area (Å²) in [6.45, 7) is 2.43. The topological polar surface area (TPSA) is 132 Å². The maximum Gasteiger partial charge on any atom is 0.311 e. The molecule has 0 fully saturated rings. The third kappa shape index (κ3) is 3.99. The molecule has 0 saturated heterocycles. The fraction of sp³-hybridized carbons (Fsp3) is 0.0952. The van der Waals surface area contributed by atoms with E-state index in [1.807, 2.05) is 6.92 Å². The second-order valence-electron chi connectivity index (χ2n) is 6.50. The molecule has 2 heterocycles. The Hall–Kier alpha value is -4.47. The number of fused-ring (bicyclic) bond motifs is 1. The lowest BCUT2D eigenvalue weighted by Gasteiger charge is -2.06. The number of aromatic nitrogens is 3. The Morgan fingerprint density at radius 2 is 1.97 bits per heavy atom. The van der Waals surface area contributed by atoms with Crippen molar-refractivity contribution in [2.75, 3.05) is 11.9 Å². The molecule has 0 radical (unpaired) electrons. The Balaban J connectivity index is 1.65. The third-order valence-corrected chi connectivity index (χ3v) is 4.48. The van der Waals surface area contributed by atoms with Gasteiger partial charge >= 0.3 is 5.69 Å². The second-order valence-corrected chi connectivity index (χ2v) is 6.50. The van der Waals surface area contributed by atoms with Crippen LogP contribution in [0.15, 0.2) is 60.8 Å². The molecule has 2 N–H and O–H groups in total. The molecule has 2 aromatic heterocycles. The van der Waals surface area contributed by atoms with Crippen LogP contribution in [0, 0.1) is 10.1 Å². The Morgan fingerprint density at radius 1 is 1.19 bits per heavy atom. The average Bonchev–Trinajstić information content (AvgIpc) is 3.20. The molecule has 156 valence electrons. The van der Waals surface area contributed by atoms with Gasteiger partial charge in [-0.25, -0.2) is 9.50 Å². The number of aromatic hydroxyl groups is 1. The van der Waals surface area contributed by atoms with Gasteiger partial charge < -0.3 is 15.2 Å². The van der Waals surface area contributed by atoms with E-state index in [0.717, 1.165) is 0 Å². The number of phenolic OH excluding ortho intramolecular Hbond substituents is 1. The van der Waals surface area contributed by atoms with Gasteiger partial charge in [0, 0.05) is 29.6 Å². The number of nitrogens with zero attached hydrogens (tertiary/aromatic N) is 4. The van der Waals surface area contributed by atoms with E-state index >= 15 is 0 Å². The molecule has 31 heavy (non-hydrogen) atoms. The smallest absolute Gasteiger partial charge is 0.311 e. The summed E-state index contributed by atoms with van der Waals surface area (Å²) in [6.07, 6.45) is 1.51. The van der Waals surface area contributed by atoms with Crippen molar-refractivity contribution in [2.24, 2.45) is 0 Å². The van der Waals surface area contributed by atoms with Crippen molar-refractivity contribution in [3.05, 3.63) is 76.6 Å². The molecule has 0 aliphatic rings. The normalized spacial score (nSPS) is 10.7. The Kier molecular flexibility index (Phi) is 5.19. The summed E-state index contributed by atoms with van der Waals surface area (Å²) in [7, 11) is 0. The Bertz CT molecular complexity index is 1280. The highest BCUT2D eigenvalue weighted by atomic mass is 16.6. The van der Waals surface area contributed by atoms with E-state index in [1.54, 1.807) is 30.3 Å². The maximum atomic E-state index is 12.7. The molecule has 10 heteroatoms. The number of hydrogen-bond donors (Lipinski definition) is 2. The van der Waals surface area contributed by atoms with Crippen LogP contribution in [0.2, 0.25) is 0 Å². The van der Waals surface area contributed by atoms with Crippen molar-refractivity contribution in [3.8, 4) is 22.8 Å². The van der Waals surface area contributed by atoms with Crippen molar-refractivity contribution < 1.29 is 19.6 Å². The van der Waals surface area contributed by atoms with E-state index in [0.29, 0.717) is 34.9 Å². The van der Waals surface area contributed by atoms with Gasteiger partial charge in [-0.15, -0.1) is 0 Å². The first-order chi connectivity index (χ1) is 15.0. The van der Waals surface area contributed by atoms with Gasteiger partial charge in [0.25, 0.3) is 5.91 Å². The summed E-state index contributed by atoms with van der Waals surface area (Å²) in [4.78, 5) is 27.3. The minimum absolute atomic E-state index is 0.127. The number of anilines is 1. The maximum absolute atomic E-state index is 12.7. The zero-order valence-corrected chi connectivity index (χ0v) is 16.3. The molecule has 0 atom stereocenters. The van der Waals surface area contributed by atoms with Crippen LogP contribution >= 0.6 is 0 Å². The molecular formula is C21H17N5O5. The van der Waals surface area contributed by atoms with Gasteiger partial charge in [-0.1, -0.05) is 0 Å². The van der Waals surface area contributed by atoms with Gasteiger partial charge in [-0.3, -0.25) is 14.9 Å². The lowest BCUT2D eigenvalue weighted by Crippen LogP contribution is -2.12. The third-order valence-electron chi connectivity index (χ3n) is 4.48. The Labute approximate surface area is 175 Å². The zero-order valence-electron chi connectivity index (χ0n) is 16.3. The molecule has 0 aliphatic carbocycles. The molecule has 0 bridgehead atoms. The number of carbonyl (C=O) groups excluding carboxylic acids is 1. The first-order valence-electron chi connectivity index (χ1n) is 9.33. The predicted molar refractivity (Wildman–Crippen MR) is 112 cm³/mol. The molecule has 1 amide bonds. The number of ether oxygens (including phenoxy) is 1. The van der Waals surface area contributed by atoms with Crippen LogP contribution in [0.25, 0.3) is 16.9 Å². The number of nitro groups is 1. The fourth-order valence-electron chi connectivity index (χ4n) is 3.05. The number of benzene rings is 2. The standard InChI is InChI=1S/C21H17N5O5/c1-2-31-15-6-4-14(5-7-15)23-21(28)16-12-20-22-10-9-17(25(20)24-16)13-3-8-19(27)18(11-13)26(29)30/h3-12,27H,2H2,1H3,(H,23,28). The number of rotatable bonds is 6. The van der Waals surface area contributed by atoms with Crippen molar-refractivity contribution >= 4 is 22.9 Å². The highest BCUT2D eigenvalue weighted by Crippen LogP contribution is 2.31. The number of nitro benzene ring substituents is 1. The number of hydrogen-bond acceptors (Lipinski definition) is 7. The quantitative estimate of drug-likeness (QED) is 0.360.